The normalized spacial score (nSPS) is 14.9. The molecule has 1 aromatic carbocycles. The summed E-state index contributed by atoms with van der Waals surface area (Å²) in [6, 6.07) is 14.8. The number of carbonyl (C=O) groups excluding carboxylic acids is 2. The summed E-state index contributed by atoms with van der Waals surface area (Å²) >= 11 is 0. The number of nitrogens with zero attached hydrogens (tertiary/aromatic N) is 3. The van der Waals surface area contributed by atoms with Gasteiger partial charge in [-0.2, -0.15) is 5.10 Å². The lowest BCUT2D eigenvalue weighted by atomic mass is 10.1. The molecule has 0 radical (unpaired) electrons. The molecular formula is C24H28N4O4. The molecule has 0 spiro atoms. The van der Waals surface area contributed by atoms with Crippen LogP contribution in [0.2, 0.25) is 0 Å². The van der Waals surface area contributed by atoms with E-state index in [0.717, 1.165) is 5.69 Å². The topological polar surface area (TPSA) is 89.6 Å². The Labute approximate surface area is 187 Å². The van der Waals surface area contributed by atoms with Crippen LogP contribution in [0.5, 0.6) is 0 Å². The van der Waals surface area contributed by atoms with Crippen molar-refractivity contribution < 1.29 is 18.7 Å². The van der Waals surface area contributed by atoms with Gasteiger partial charge in [-0.1, -0.05) is 18.2 Å². The molecule has 4 rings (SSSR count). The van der Waals surface area contributed by atoms with Crippen molar-refractivity contribution in [2.45, 2.75) is 45.3 Å². The summed E-state index contributed by atoms with van der Waals surface area (Å²) < 4.78 is 12.5. The SMILES string of the molecule is CC(C)(C)OC(=O)N1CCC(NC(=O)c2cc(-c3ccco3)nn2-c2ccccc2)CC1. The molecule has 32 heavy (non-hydrogen) atoms. The van der Waals surface area contributed by atoms with Crippen LogP contribution in [-0.2, 0) is 4.74 Å². The number of hydrogen-bond donors (Lipinski definition) is 1. The van der Waals surface area contributed by atoms with Gasteiger partial charge < -0.3 is 19.4 Å². The molecular weight excluding hydrogens is 408 g/mol. The van der Waals surface area contributed by atoms with Crippen LogP contribution in [-0.4, -0.2) is 51.4 Å². The van der Waals surface area contributed by atoms with E-state index in [1.807, 2.05) is 57.2 Å². The summed E-state index contributed by atoms with van der Waals surface area (Å²) in [6.07, 6.45) is 2.59. The zero-order valence-corrected chi connectivity index (χ0v) is 18.6. The number of carbonyl (C=O) groups is 2. The number of para-hydroxylation sites is 1. The molecule has 0 atom stereocenters. The highest BCUT2D eigenvalue weighted by Gasteiger charge is 2.28. The van der Waals surface area contributed by atoms with E-state index < -0.39 is 5.60 Å². The molecule has 8 nitrogen and oxygen atoms in total. The number of likely N-dealkylation sites (tertiary alicyclic amines) is 1. The Kier molecular flexibility index (Phi) is 6.03. The minimum absolute atomic E-state index is 0.0348. The van der Waals surface area contributed by atoms with Crippen molar-refractivity contribution in [1.29, 1.82) is 0 Å². The standard InChI is InChI=1S/C24H28N4O4/c1-24(2,3)32-23(30)27-13-11-17(12-14-27)25-22(29)20-16-19(21-10-7-15-31-21)26-28(20)18-8-5-4-6-9-18/h4-10,15-17H,11-14H2,1-3H3,(H,25,29). The van der Waals surface area contributed by atoms with Gasteiger partial charge in [-0.05, 0) is 57.9 Å². The molecule has 2 aromatic heterocycles. The first kappa shape index (κ1) is 21.7. The third kappa shape index (κ3) is 5.01. The van der Waals surface area contributed by atoms with Gasteiger partial charge in [0.1, 0.15) is 17.0 Å². The number of furan rings is 1. The van der Waals surface area contributed by atoms with Crippen molar-refractivity contribution in [1.82, 2.24) is 20.0 Å². The number of hydrogen-bond acceptors (Lipinski definition) is 5. The summed E-state index contributed by atoms with van der Waals surface area (Å²) in [5, 5.41) is 7.70. The minimum Gasteiger partial charge on any atom is -0.463 e. The second-order valence-corrected chi connectivity index (χ2v) is 8.85. The van der Waals surface area contributed by atoms with Crippen molar-refractivity contribution in [3.63, 3.8) is 0 Å². The van der Waals surface area contributed by atoms with Gasteiger partial charge >= 0.3 is 6.09 Å². The molecule has 0 saturated carbocycles. The zero-order valence-electron chi connectivity index (χ0n) is 18.6. The number of piperidine rings is 1. The van der Waals surface area contributed by atoms with Crippen molar-refractivity contribution in [2.24, 2.45) is 0 Å². The van der Waals surface area contributed by atoms with Crippen LogP contribution < -0.4 is 5.32 Å². The Morgan fingerprint density at radius 3 is 2.44 bits per heavy atom. The molecule has 1 aliphatic heterocycles. The summed E-state index contributed by atoms with van der Waals surface area (Å²) in [5.74, 6) is 0.384. The Morgan fingerprint density at radius 2 is 1.81 bits per heavy atom. The average Bonchev–Trinajstić information content (AvgIpc) is 3.44. The molecule has 1 fully saturated rings. The number of aromatic nitrogens is 2. The van der Waals surface area contributed by atoms with Gasteiger partial charge in [0.05, 0.1) is 12.0 Å². The molecule has 3 heterocycles. The number of rotatable bonds is 4. The molecule has 168 valence electrons. The lowest BCUT2D eigenvalue weighted by Crippen LogP contribution is -2.48. The first-order chi connectivity index (χ1) is 15.3. The van der Waals surface area contributed by atoms with Crippen LogP contribution in [0.4, 0.5) is 4.79 Å². The monoisotopic (exact) mass is 436 g/mol. The number of benzene rings is 1. The second kappa shape index (κ2) is 8.90. The van der Waals surface area contributed by atoms with Crippen LogP contribution in [0, 0.1) is 0 Å². The quantitative estimate of drug-likeness (QED) is 0.660. The van der Waals surface area contributed by atoms with E-state index in [0.29, 0.717) is 43.1 Å². The molecule has 1 saturated heterocycles. The highest BCUT2D eigenvalue weighted by Crippen LogP contribution is 2.23. The van der Waals surface area contributed by atoms with E-state index in [1.165, 1.54) is 0 Å². The first-order valence-electron chi connectivity index (χ1n) is 10.8. The fraction of sp³-hybridized carbons (Fsp3) is 0.375. The average molecular weight is 437 g/mol. The smallest absolute Gasteiger partial charge is 0.410 e. The molecule has 2 amide bonds. The predicted molar refractivity (Wildman–Crippen MR) is 120 cm³/mol. The summed E-state index contributed by atoms with van der Waals surface area (Å²) in [6.45, 7) is 6.63. The second-order valence-electron chi connectivity index (χ2n) is 8.85. The van der Waals surface area contributed by atoms with E-state index in [9.17, 15) is 9.59 Å². The van der Waals surface area contributed by atoms with Gasteiger partial charge in [-0.25, -0.2) is 9.48 Å². The molecule has 1 N–H and O–H groups in total. The summed E-state index contributed by atoms with van der Waals surface area (Å²) in [7, 11) is 0. The molecule has 0 aliphatic carbocycles. The molecule has 8 heteroatoms. The summed E-state index contributed by atoms with van der Waals surface area (Å²) in [5.41, 5.74) is 1.28. The third-order valence-corrected chi connectivity index (χ3v) is 5.20. The number of nitrogens with one attached hydrogen (secondary N) is 1. The van der Waals surface area contributed by atoms with Crippen LogP contribution in [0.1, 0.15) is 44.1 Å². The highest BCUT2D eigenvalue weighted by atomic mass is 16.6. The van der Waals surface area contributed by atoms with Crippen LogP contribution in [0.3, 0.4) is 0 Å². The van der Waals surface area contributed by atoms with E-state index >= 15 is 0 Å². The largest absolute Gasteiger partial charge is 0.463 e. The van der Waals surface area contributed by atoms with Gasteiger partial charge in [-0.3, -0.25) is 4.79 Å². The van der Waals surface area contributed by atoms with Gasteiger partial charge in [-0.15, -0.1) is 0 Å². The van der Waals surface area contributed by atoms with Crippen molar-refractivity contribution >= 4 is 12.0 Å². The fourth-order valence-electron chi connectivity index (χ4n) is 3.65. The van der Waals surface area contributed by atoms with Crippen LogP contribution >= 0.6 is 0 Å². The fourth-order valence-corrected chi connectivity index (χ4v) is 3.65. The maximum atomic E-state index is 13.2. The Morgan fingerprint density at radius 1 is 1.09 bits per heavy atom. The third-order valence-electron chi connectivity index (χ3n) is 5.20. The Hall–Kier alpha value is -3.55. The summed E-state index contributed by atoms with van der Waals surface area (Å²) in [4.78, 5) is 27.2. The van der Waals surface area contributed by atoms with Crippen molar-refractivity contribution in [3.05, 3.63) is 60.5 Å². The van der Waals surface area contributed by atoms with E-state index in [4.69, 9.17) is 9.15 Å². The van der Waals surface area contributed by atoms with E-state index in [-0.39, 0.29) is 18.0 Å². The van der Waals surface area contributed by atoms with Gasteiger partial charge in [0.25, 0.3) is 5.91 Å². The van der Waals surface area contributed by atoms with Crippen molar-refractivity contribution in [2.75, 3.05) is 13.1 Å². The van der Waals surface area contributed by atoms with Crippen molar-refractivity contribution in [3.8, 4) is 17.1 Å². The van der Waals surface area contributed by atoms with E-state index in [1.54, 1.807) is 28.0 Å². The van der Waals surface area contributed by atoms with E-state index in [2.05, 4.69) is 10.4 Å². The van der Waals surface area contributed by atoms with Crippen LogP contribution in [0.15, 0.2) is 59.2 Å². The van der Waals surface area contributed by atoms with Gasteiger partial charge in [0.15, 0.2) is 5.76 Å². The molecule has 0 bridgehead atoms. The molecule has 0 unspecified atom stereocenters. The molecule has 3 aromatic rings. The first-order valence-corrected chi connectivity index (χ1v) is 10.8. The van der Waals surface area contributed by atoms with Gasteiger partial charge in [0.2, 0.25) is 0 Å². The minimum atomic E-state index is -0.524. The lowest BCUT2D eigenvalue weighted by molar-refractivity contribution is 0.0199. The number of amides is 2. The van der Waals surface area contributed by atoms with Gasteiger partial charge in [0, 0.05) is 25.2 Å². The number of ether oxygens (including phenoxy) is 1. The predicted octanol–water partition coefficient (Wildman–Crippen LogP) is 4.26. The maximum Gasteiger partial charge on any atom is 0.410 e. The zero-order chi connectivity index (χ0) is 22.7. The Balaban J connectivity index is 1.46. The maximum absolute atomic E-state index is 13.2. The highest BCUT2D eigenvalue weighted by molar-refractivity contribution is 5.94. The van der Waals surface area contributed by atoms with Crippen LogP contribution in [0.25, 0.3) is 17.1 Å². The Bertz CT molecular complexity index is 1060. The molecule has 1 aliphatic rings. The lowest BCUT2D eigenvalue weighted by Gasteiger charge is -2.33.